The van der Waals surface area contributed by atoms with Crippen molar-refractivity contribution < 1.29 is 23.8 Å². The van der Waals surface area contributed by atoms with E-state index in [1.54, 1.807) is 27.9 Å². The largest absolute Gasteiger partial charge is 0.497 e. The number of carbonyl (C=O) groups excluding carboxylic acids is 2. The molecule has 1 fully saturated rings. The molecule has 1 aliphatic heterocycles. The Balaban J connectivity index is 2.02. The van der Waals surface area contributed by atoms with Crippen LogP contribution in [0, 0.1) is 0 Å². The minimum atomic E-state index is -0.641. The minimum Gasteiger partial charge on any atom is -0.497 e. The fourth-order valence-corrected chi connectivity index (χ4v) is 2.91. The molecule has 1 aromatic carbocycles. The van der Waals surface area contributed by atoms with Gasteiger partial charge in [-0.3, -0.25) is 4.90 Å². The summed E-state index contributed by atoms with van der Waals surface area (Å²) in [6.45, 7) is 6.39. The van der Waals surface area contributed by atoms with Crippen molar-refractivity contribution in [1.82, 2.24) is 10.2 Å². The number of benzene rings is 1. The van der Waals surface area contributed by atoms with Crippen molar-refractivity contribution in [2.24, 2.45) is 0 Å². The molecule has 0 spiro atoms. The van der Waals surface area contributed by atoms with Crippen molar-refractivity contribution in [3.8, 4) is 5.75 Å². The van der Waals surface area contributed by atoms with Gasteiger partial charge < -0.3 is 19.5 Å². The van der Waals surface area contributed by atoms with Crippen molar-refractivity contribution in [2.45, 2.75) is 51.4 Å². The van der Waals surface area contributed by atoms with Crippen LogP contribution in [0.1, 0.15) is 32.8 Å². The number of hydrogen-bond acceptors (Lipinski definition) is 6. The lowest BCUT2D eigenvalue weighted by molar-refractivity contribution is -0.145. The average Bonchev–Trinajstić information content (AvgIpc) is 3.02. The smallest absolute Gasteiger partial charge is 0.411 e. The van der Waals surface area contributed by atoms with Gasteiger partial charge in [0.15, 0.2) is 0 Å². The predicted molar refractivity (Wildman–Crippen MR) is 97.0 cm³/mol. The second kappa shape index (κ2) is 8.40. The number of methoxy groups -OCH3 is 2. The van der Waals surface area contributed by atoms with Crippen molar-refractivity contribution in [2.75, 3.05) is 20.8 Å². The second-order valence-corrected chi connectivity index (χ2v) is 7.34. The van der Waals surface area contributed by atoms with Crippen LogP contribution in [0.15, 0.2) is 24.3 Å². The topological polar surface area (TPSA) is 77.1 Å². The highest BCUT2D eigenvalue weighted by atomic mass is 16.6. The first-order valence-corrected chi connectivity index (χ1v) is 8.67. The summed E-state index contributed by atoms with van der Waals surface area (Å²) in [4.78, 5) is 26.0. The van der Waals surface area contributed by atoms with Crippen LogP contribution in [0.4, 0.5) is 4.79 Å². The number of nitrogens with one attached hydrogen (secondary N) is 1. The lowest BCUT2D eigenvalue weighted by Gasteiger charge is -2.27. The van der Waals surface area contributed by atoms with Crippen molar-refractivity contribution in [1.29, 1.82) is 0 Å². The van der Waals surface area contributed by atoms with Crippen LogP contribution >= 0.6 is 0 Å². The molecule has 0 aliphatic carbocycles. The summed E-state index contributed by atoms with van der Waals surface area (Å²) in [7, 11) is 2.95. The molecule has 0 bridgehead atoms. The van der Waals surface area contributed by atoms with Gasteiger partial charge in [-0.25, -0.2) is 9.59 Å². The van der Waals surface area contributed by atoms with Gasteiger partial charge in [0.2, 0.25) is 0 Å². The summed E-state index contributed by atoms with van der Waals surface area (Å²) in [5.41, 5.74) is 0.443. The Hall–Kier alpha value is -2.28. The third-order valence-electron chi connectivity index (χ3n) is 4.13. The summed E-state index contributed by atoms with van der Waals surface area (Å²) >= 11 is 0. The molecule has 7 heteroatoms. The Morgan fingerprint density at radius 2 is 2.00 bits per heavy atom. The lowest BCUT2D eigenvalue weighted by atomic mass is 10.1. The zero-order valence-corrected chi connectivity index (χ0v) is 16.1. The van der Waals surface area contributed by atoms with Gasteiger partial charge in [0.1, 0.15) is 17.4 Å². The molecule has 2 unspecified atom stereocenters. The second-order valence-electron chi connectivity index (χ2n) is 7.34. The SMILES string of the molecule is COC(=O)C1CC(NCc2cccc(OC)c2)CN1C(=O)OC(C)(C)C. The first kappa shape index (κ1) is 20.0. The molecule has 26 heavy (non-hydrogen) atoms. The maximum absolute atomic E-state index is 12.4. The Bertz CT molecular complexity index is 641. The number of ether oxygens (including phenoxy) is 3. The van der Waals surface area contributed by atoms with Gasteiger partial charge in [-0.05, 0) is 44.9 Å². The monoisotopic (exact) mass is 364 g/mol. The number of carbonyl (C=O) groups is 2. The van der Waals surface area contributed by atoms with Crippen LogP contribution in [-0.4, -0.2) is 55.4 Å². The van der Waals surface area contributed by atoms with Gasteiger partial charge in [0.25, 0.3) is 0 Å². The van der Waals surface area contributed by atoms with E-state index < -0.39 is 23.7 Å². The molecular formula is C19H28N2O5. The highest BCUT2D eigenvalue weighted by molar-refractivity contribution is 5.82. The number of likely N-dealkylation sites (tertiary alicyclic amines) is 1. The molecule has 1 aromatic rings. The molecule has 1 heterocycles. The molecule has 1 aliphatic rings. The molecule has 2 rings (SSSR count). The number of amides is 1. The van der Waals surface area contributed by atoms with Gasteiger partial charge in [0.05, 0.1) is 14.2 Å². The van der Waals surface area contributed by atoms with E-state index >= 15 is 0 Å². The third kappa shape index (κ3) is 5.36. The Morgan fingerprint density at radius 3 is 2.62 bits per heavy atom. The fraction of sp³-hybridized carbons (Fsp3) is 0.579. The quantitative estimate of drug-likeness (QED) is 0.808. The molecule has 144 valence electrons. The van der Waals surface area contributed by atoms with E-state index in [1.807, 2.05) is 24.3 Å². The summed E-state index contributed by atoms with van der Waals surface area (Å²) in [5, 5.41) is 3.39. The lowest BCUT2D eigenvalue weighted by Crippen LogP contribution is -2.44. The summed E-state index contributed by atoms with van der Waals surface area (Å²) in [6.07, 6.45) is -0.0193. The van der Waals surface area contributed by atoms with Crippen LogP contribution in [0.3, 0.4) is 0 Å². The molecular weight excluding hydrogens is 336 g/mol. The zero-order valence-electron chi connectivity index (χ0n) is 16.1. The maximum atomic E-state index is 12.4. The summed E-state index contributed by atoms with van der Waals surface area (Å²) < 4.78 is 15.5. The van der Waals surface area contributed by atoms with Gasteiger partial charge in [0, 0.05) is 19.1 Å². The summed E-state index contributed by atoms with van der Waals surface area (Å²) in [6, 6.07) is 7.08. The van der Waals surface area contributed by atoms with E-state index in [1.165, 1.54) is 12.0 Å². The fourth-order valence-electron chi connectivity index (χ4n) is 2.91. The molecule has 2 atom stereocenters. The van der Waals surface area contributed by atoms with Crippen LogP contribution in [-0.2, 0) is 20.8 Å². The first-order chi connectivity index (χ1) is 12.2. The van der Waals surface area contributed by atoms with E-state index in [-0.39, 0.29) is 6.04 Å². The van der Waals surface area contributed by atoms with E-state index in [0.717, 1.165) is 11.3 Å². The normalized spacial score (nSPS) is 20.0. The predicted octanol–water partition coefficient (Wildman–Crippen LogP) is 2.34. The highest BCUT2D eigenvalue weighted by Gasteiger charge is 2.41. The Labute approximate surface area is 154 Å². The molecule has 1 N–H and O–H groups in total. The third-order valence-corrected chi connectivity index (χ3v) is 4.13. The average molecular weight is 364 g/mol. The number of nitrogens with zero attached hydrogens (tertiary/aromatic N) is 1. The standard InChI is InChI=1S/C19H28N2O5/c1-19(2,3)26-18(23)21-12-14(10-16(21)17(22)25-5)20-11-13-7-6-8-15(9-13)24-4/h6-9,14,16,20H,10-12H2,1-5H3. The minimum absolute atomic E-state index is 0.0298. The molecule has 0 aromatic heterocycles. The molecule has 1 saturated heterocycles. The van der Waals surface area contributed by atoms with Crippen molar-refractivity contribution in [3.05, 3.63) is 29.8 Å². The molecule has 0 saturated carbocycles. The van der Waals surface area contributed by atoms with Gasteiger partial charge >= 0.3 is 12.1 Å². The zero-order chi connectivity index (χ0) is 19.3. The number of hydrogen-bond donors (Lipinski definition) is 1. The van der Waals surface area contributed by atoms with Crippen molar-refractivity contribution in [3.63, 3.8) is 0 Å². The van der Waals surface area contributed by atoms with Crippen LogP contribution in [0.25, 0.3) is 0 Å². The highest BCUT2D eigenvalue weighted by Crippen LogP contribution is 2.23. The number of esters is 1. The van der Waals surface area contributed by atoms with E-state index in [2.05, 4.69) is 5.32 Å². The van der Waals surface area contributed by atoms with E-state index in [4.69, 9.17) is 14.2 Å². The Morgan fingerprint density at radius 1 is 1.27 bits per heavy atom. The van der Waals surface area contributed by atoms with Crippen LogP contribution < -0.4 is 10.1 Å². The van der Waals surface area contributed by atoms with Gasteiger partial charge in [-0.15, -0.1) is 0 Å². The molecule has 0 radical (unpaired) electrons. The maximum Gasteiger partial charge on any atom is 0.411 e. The van der Waals surface area contributed by atoms with Gasteiger partial charge in [-0.2, -0.15) is 0 Å². The van der Waals surface area contributed by atoms with Crippen LogP contribution in [0.5, 0.6) is 5.75 Å². The van der Waals surface area contributed by atoms with Crippen molar-refractivity contribution >= 4 is 12.1 Å². The molecule has 7 nitrogen and oxygen atoms in total. The van der Waals surface area contributed by atoms with E-state index in [0.29, 0.717) is 19.5 Å². The first-order valence-electron chi connectivity index (χ1n) is 8.67. The van der Waals surface area contributed by atoms with E-state index in [9.17, 15) is 9.59 Å². The molecule has 1 amide bonds. The Kier molecular flexibility index (Phi) is 6.47. The van der Waals surface area contributed by atoms with Crippen LogP contribution in [0.2, 0.25) is 0 Å². The summed E-state index contributed by atoms with van der Waals surface area (Å²) in [5.74, 6) is 0.361. The van der Waals surface area contributed by atoms with Gasteiger partial charge in [-0.1, -0.05) is 12.1 Å². The number of rotatable bonds is 5.